The molecule has 0 saturated carbocycles. The minimum absolute atomic E-state index is 0.0155. The molecule has 0 aliphatic carbocycles. The third kappa shape index (κ3) is 2.36. The molecule has 2 aromatic rings. The molecule has 1 N–H and O–H groups in total. The summed E-state index contributed by atoms with van der Waals surface area (Å²) in [6.07, 6.45) is 0. The van der Waals surface area contributed by atoms with Gasteiger partial charge in [0.05, 0.1) is 11.6 Å². The van der Waals surface area contributed by atoms with Gasteiger partial charge in [-0.25, -0.2) is 0 Å². The number of hydrogen-bond acceptors (Lipinski definition) is 3. The van der Waals surface area contributed by atoms with Gasteiger partial charge >= 0.3 is 0 Å². The van der Waals surface area contributed by atoms with Crippen LogP contribution in [0.4, 0.5) is 0 Å². The monoisotopic (exact) mass is 254 g/mol. The number of phenolic OH excluding ortho intramolecular Hbond substituents is 1. The van der Waals surface area contributed by atoms with Crippen molar-refractivity contribution >= 4 is 16.7 Å². The van der Waals surface area contributed by atoms with Crippen molar-refractivity contribution in [3.05, 3.63) is 42.0 Å². The van der Waals surface area contributed by atoms with E-state index in [2.05, 4.69) is 0 Å². The smallest absolute Gasteiger partial charge is 0.258 e. The minimum Gasteiger partial charge on any atom is -0.506 e. The topological polar surface area (TPSA) is 64.3 Å². The molecule has 96 valence electrons. The van der Waals surface area contributed by atoms with Crippen LogP contribution in [-0.4, -0.2) is 29.0 Å². The molecule has 0 aromatic heterocycles. The molecular formula is C15H14N2O2. The maximum absolute atomic E-state index is 12.2. The van der Waals surface area contributed by atoms with Crippen molar-refractivity contribution in [2.75, 3.05) is 13.1 Å². The molecule has 0 heterocycles. The van der Waals surface area contributed by atoms with E-state index in [1.165, 1.54) is 4.90 Å². The average Bonchev–Trinajstić information content (AvgIpc) is 2.45. The van der Waals surface area contributed by atoms with Crippen molar-refractivity contribution < 1.29 is 9.90 Å². The van der Waals surface area contributed by atoms with Crippen LogP contribution < -0.4 is 0 Å². The van der Waals surface area contributed by atoms with E-state index in [1.54, 1.807) is 25.1 Å². The Balaban J connectivity index is 2.48. The number of nitrogens with zero attached hydrogens (tertiary/aromatic N) is 2. The summed E-state index contributed by atoms with van der Waals surface area (Å²) in [4.78, 5) is 13.6. The van der Waals surface area contributed by atoms with Crippen molar-refractivity contribution in [3.63, 3.8) is 0 Å². The largest absolute Gasteiger partial charge is 0.506 e. The lowest BCUT2D eigenvalue weighted by molar-refractivity contribution is 0.0781. The molecule has 19 heavy (non-hydrogen) atoms. The summed E-state index contributed by atoms with van der Waals surface area (Å²) in [6, 6.07) is 12.7. The van der Waals surface area contributed by atoms with Crippen molar-refractivity contribution in [1.82, 2.24) is 4.90 Å². The van der Waals surface area contributed by atoms with Gasteiger partial charge in [-0.05, 0) is 18.4 Å². The van der Waals surface area contributed by atoms with Crippen LogP contribution in [0.2, 0.25) is 0 Å². The second kappa shape index (κ2) is 5.40. The van der Waals surface area contributed by atoms with Gasteiger partial charge in [-0.3, -0.25) is 4.79 Å². The third-order valence-corrected chi connectivity index (χ3v) is 3.06. The zero-order valence-electron chi connectivity index (χ0n) is 10.6. The van der Waals surface area contributed by atoms with E-state index < -0.39 is 0 Å². The summed E-state index contributed by atoms with van der Waals surface area (Å²) in [5, 5.41) is 20.4. The number of fused-ring (bicyclic) bond motifs is 1. The number of phenols is 1. The Labute approximate surface area is 111 Å². The molecular weight excluding hydrogens is 240 g/mol. The first-order chi connectivity index (χ1) is 9.19. The predicted molar refractivity (Wildman–Crippen MR) is 72.8 cm³/mol. The molecule has 0 spiro atoms. The Kier molecular flexibility index (Phi) is 3.67. The lowest BCUT2D eigenvalue weighted by Gasteiger charge is -2.18. The Hall–Kier alpha value is -2.54. The SMILES string of the molecule is CCN(CC#N)C(=O)c1ccc2ccccc2c1O. The lowest BCUT2D eigenvalue weighted by atomic mass is 10.0. The van der Waals surface area contributed by atoms with E-state index in [-0.39, 0.29) is 23.8 Å². The molecule has 0 unspecified atom stereocenters. The van der Waals surface area contributed by atoms with Crippen LogP contribution in [0.15, 0.2) is 36.4 Å². The van der Waals surface area contributed by atoms with E-state index in [0.29, 0.717) is 11.9 Å². The molecule has 0 saturated heterocycles. The molecule has 0 radical (unpaired) electrons. The van der Waals surface area contributed by atoms with Crippen LogP contribution in [0.1, 0.15) is 17.3 Å². The number of benzene rings is 2. The highest BCUT2D eigenvalue weighted by molar-refractivity contribution is 6.03. The Morgan fingerprint density at radius 3 is 2.74 bits per heavy atom. The van der Waals surface area contributed by atoms with Crippen LogP contribution in [0.5, 0.6) is 5.75 Å². The van der Waals surface area contributed by atoms with E-state index in [4.69, 9.17) is 5.26 Å². The maximum Gasteiger partial charge on any atom is 0.258 e. The fourth-order valence-electron chi connectivity index (χ4n) is 2.01. The Morgan fingerprint density at radius 1 is 1.32 bits per heavy atom. The van der Waals surface area contributed by atoms with E-state index in [1.807, 2.05) is 24.3 Å². The first-order valence-electron chi connectivity index (χ1n) is 6.06. The van der Waals surface area contributed by atoms with Crippen molar-refractivity contribution in [1.29, 1.82) is 5.26 Å². The Morgan fingerprint density at radius 2 is 2.05 bits per heavy atom. The number of hydrogen-bond donors (Lipinski definition) is 1. The second-order valence-corrected chi connectivity index (χ2v) is 4.16. The molecule has 0 aliphatic rings. The van der Waals surface area contributed by atoms with Crippen LogP contribution in [0.25, 0.3) is 10.8 Å². The van der Waals surface area contributed by atoms with Crippen LogP contribution >= 0.6 is 0 Å². The van der Waals surface area contributed by atoms with Gasteiger partial charge in [0, 0.05) is 11.9 Å². The van der Waals surface area contributed by atoms with Crippen molar-refractivity contribution in [2.24, 2.45) is 0 Å². The summed E-state index contributed by atoms with van der Waals surface area (Å²) >= 11 is 0. The fourth-order valence-corrected chi connectivity index (χ4v) is 2.01. The van der Waals surface area contributed by atoms with Crippen LogP contribution in [0.3, 0.4) is 0 Å². The predicted octanol–water partition coefficient (Wildman–Crippen LogP) is 2.53. The van der Waals surface area contributed by atoms with Gasteiger partial charge in [0.1, 0.15) is 12.3 Å². The summed E-state index contributed by atoms with van der Waals surface area (Å²) in [7, 11) is 0. The zero-order valence-corrected chi connectivity index (χ0v) is 10.6. The first-order valence-corrected chi connectivity index (χ1v) is 6.06. The summed E-state index contributed by atoms with van der Waals surface area (Å²) in [5.41, 5.74) is 0.232. The maximum atomic E-state index is 12.2. The van der Waals surface area contributed by atoms with Crippen molar-refractivity contribution in [2.45, 2.75) is 6.92 Å². The molecule has 2 aromatic carbocycles. The second-order valence-electron chi connectivity index (χ2n) is 4.16. The van der Waals surface area contributed by atoms with Gasteiger partial charge in [0.2, 0.25) is 0 Å². The van der Waals surface area contributed by atoms with E-state index in [9.17, 15) is 9.90 Å². The molecule has 0 fully saturated rings. The highest BCUT2D eigenvalue weighted by Gasteiger charge is 2.18. The molecule has 2 rings (SSSR count). The molecule has 0 atom stereocenters. The number of carbonyl (C=O) groups excluding carboxylic acids is 1. The quantitative estimate of drug-likeness (QED) is 0.856. The third-order valence-electron chi connectivity index (χ3n) is 3.06. The highest BCUT2D eigenvalue weighted by atomic mass is 16.3. The normalized spacial score (nSPS) is 10.1. The number of aromatic hydroxyl groups is 1. The van der Waals surface area contributed by atoms with Gasteiger partial charge in [-0.1, -0.05) is 30.3 Å². The van der Waals surface area contributed by atoms with Gasteiger partial charge in [-0.15, -0.1) is 0 Å². The number of nitriles is 1. The molecule has 4 heteroatoms. The zero-order chi connectivity index (χ0) is 13.8. The average molecular weight is 254 g/mol. The van der Waals surface area contributed by atoms with Crippen LogP contribution in [-0.2, 0) is 0 Å². The Bertz CT molecular complexity index is 659. The minimum atomic E-state index is -0.327. The lowest BCUT2D eigenvalue weighted by Crippen LogP contribution is -2.31. The highest BCUT2D eigenvalue weighted by Crippen LogP contribution is 2.29. The fraction of sp³-hybridized carbons (Fsp3) is 0.200. The van der Waals surface area contributed by atoms with Crippen molar-refractivity contribution in [3.8, 4) is 11.8 Å². The molecule has 0 bridgehead atoms. The molecule has 0 aliphatic heterocycles. The van der Waals surface area contributed by atoms with Gasteiger partial charge in [0.25, 0.3) is 5.91 Å². The summed E-state index contributed by atoms with van der Waals surface area (Å²) in [6.45, 7) is 2.24. The number of amides is 1. The number of carbonyl (C=O) groups is 1. The van der Waals surface area contributed by atoms with Gasteiger partial charge in [-0.2, -0.15) is 5.26 Å². The molecule has 4 nitrogen and oxygen atoms in total. The van der Waals surface area contributed by atoms with Crippen LogP contribution in [0, 0.1) is 11.3 Å². The first kappa shape index (κ1) is 12.9. The van der Waals surface area contributed by atoms with E-state index in [0.717, 1.165) is 5.39 Å². The standard InChI is InChI=1S/C15H14N2O2/c1-2-17(10-9-16)15(19)13-8-7-11-5-3-4-6-12(11)14(13)18/h3-8,18H,2,10H2,1H3. The molecule has 1 amide bonds. The van der Waals surface area contributed by atoms with Gasteiger partial charge in [0.15, 0.2) is 0 Å². The van der Waals surface area contributed by atoms with Gasteiger partial charge < -0.3 is 10.0 Å². The number of rotatable bonds is 3. The summed E-state index contributed by atoms with van der Waals surface area (Å²) < 4.78 is 0. The summed E-state index contributed by atoms with van der Waals surface area (Å²) in [5.74, 6) is -0.355. The van der Waals surface area contributed by atoms with E-state index >= 15 is 0 Å².